The van der Waals surface area contributed by atoms with Crippen LogP contribution in [0.25, 0.3) is 0 Å². The van der Waals surface area contributed by atoms with Crippen LogP contribution in [0.2, 0.25) is 0 Å². The van der Waals surface area contributed by atoms with Crippen molar-refractivity contribution in [2.45, 2.75) is 13.5 Å². The zero-order chi connectivity index (χ0) is 8.48. The van der Waals surface area contributed by atoms with Crippen molar-refractivity contribution in [2.75, 3.05) is 0 Å². The Morgan fingerprint density at radius 1 is 1.73 bits per heavy atom. The highest BCUT2D eigenvalue weighted by Gasteiger charge is 2.22. The van der Waals surface area contributed by atoms with Gasteiger partial charge >= 0.3 is 7.60 Å². The zero-order valence-electron chi connectivity index (χ0n) is 6.01. The van der Waals surface area contributed by atoms with Crippen molar-refractivity contribution in [1.29, 1.82) is 0 Å². The van der Waals surface area contributed by atoms with E-state index in [4.69, 9.17) is 9.79 Å². The molecule has 2 N–H and O–H groups in total. The van der Waals surface area contributed by atoms with Gasteiger partial charge in [0.15, 0.2) is 0 Å². The van der Waals surface area contributed by atoms with Gasteiger partial charge in [-0.1, -0.05) is 0 Å². The first-order valence-corrected chi connectivity index (χ1v) is 4.74. The molecule has 62 valence electrons. The van der Waals surface area contributed by atoms with Crippen molar-refractivity contribution in [3.63, 3.8) is 0 Å². The van der Waals surface area contributed by atoms with Gasteiger partial charge in [0.1, 0.15) is 0 Å². The summed E-state index contributed by atoms with van der Waals surface area (Å²) in [5.41, 5.74) is -0.167. The molecule has 0 spiro atoms. The second-order valence-corrected chi connectivity index (χ2v) is 3.55. The van der Waals surface area contributed by atoms with Crippen molar-refractivity contribution in [3.8, 4) is 0 Å². The lowest BCUT2D eigenvalue weighted by molar-refractivity contribution is 0.383. The first-order valence-electron chi connectivity index (χ1n) is 3.13. The summed E-state index contributed by atoms with van der Waals surface area (Å²) in [5, 5.41) is 0. The van der Waals surface area contributed by atoms with E-state index in [-0.39, 0.29) is 5.57 Å². The summed E-state index contributed by atoms with van der Waals surface area (Å²) >= 11 is 0. The zero-order valence-corrected chi connectivity index (χ0v) is 6.90. The molecule has 6 heteroatoms. The van der Waals surface area contributed by atoms with Gasteiger partial charge in [-0.3, -0.25) is 4.57 Å². The van der Waals surface area contributed by atoms with E-state index in [1.807, 2.05) is 0 Å². The van der Waals surface area contributed by atoms with Crippen molar-refractivity contribution in [2.24, 2.45) is 0 Å². The summed E-state index contributed by atoms with van der Waals surface area (Å²) in [6.07, 6.45) is 2.91. The number of rotatable bonds is 2. The van der Waals surface area contributed by atoms with Gasteiger partial charge in [-0.2, -0.15) is 0 Å². The second-order valence-electron chi connectivity index (χ2n) is 2.06. The molecule has 0 atom stereocenters. The molecule has 0 radical (unpaired) electrons. The average molecular weight is 176 g/mol. The number of aromatic nitrogens is 2. The lowest BCUT2D eigenvalue weighted by atomic mass is 10.7. The first-order chi connectivity index (χ1) is 5.05. The van der Waals surface area contributed by atoms with Crippen LogP contribution < -0.4 is 5.57 Å². The molecule has 0 aliphatic carbocycles. The number of hydrogen-bond acceptors (Lipinski definition) is 2. The van der Waals surface area contributed by atoms with E-state index in [1.54, 1.807) is 6.92 Å². The van der Waals surface area contributed by atoms with Gasteiger partial charge in [-0.05, 0) is 6.92 Å². The average Bonchev–Trinajstić information content (AvgIpc) is 2.31. The Balaban J connectivity index is 3.13. The lowest BCUT2D eigenvalue weighted by Gasteiger charge is -2.04. The van der Waals surface area contributed by atoms with Crippen molar-refractivity contribution >= 4 is 13.2 Å². The summed E-state index contributed by atoms with van der Waals surface area (Å²) in [4.78, 5) is 21.0. The third kappa shape index (κ3) is 1.68. The molecule has 1 rings (SSSR count). The largest absolute Gasteiger partial charge is 0.391 e. The van der Waals surface area contributed by atoms with Gasteiger partial charge in [0.05, 0.1) is 0 Å². The molecule has 0 aliphatic heterocycles. The molecule has 0 bridgehead atoms. The molecule has 0 aromatic carbocycles. The molecule has 1 aromatic rings. The Bertz CT molecular complexity index is 290. The third-order valence-corrected chi connectivity index (χ3v) is 2.19. The molecule has 0 amide bonds. The SMILES string of the molecule is CCn1ccnc1P(=O)(O)O. The normalized spacial score (nSPS) is 11.9. The van der Waals surface area contributed by atoms with Crippen LogP contribution >= 0.6 is 7.60 Å². The lowest BCUT2D eigenvalue weighted by Crippen LogP contribution is -2.17. The standard InChI is InChI=1S/C5H9N2O3P/c1-2-7-4-3-6-5(7)11(8,9)10/h3-4H,2H2,1H3,(H2,8,9,10). The highest BCUT2D eigenvalue weighted by Crippen LogP contribution is 2.31. The summed E-state index contributed by atoms with van der Waals surface area (Å²) in [6, 6.07) is 0. The van der Waals surface area contributed by atoms with Crippen LogP contribution in [0, 0.1) is 0 Å². The fourth-order valence-corrected chi connectivity index (χ4v) is 1.57. The molecule has 11 heavy (non-hydrogen) atoms. The summed E-state index contributed by atoms with van der Waals surface area (Å²) in [5.74, 6) is 0. The Morgan fingerprint density at radius 3 is 2.73 bits per heavy atom. The van der Waals surface area contributed by atoms with Crippen LogP contribution in [-0.2, 0) is 11.1 Å². The maximum atomic E-state index is 10.7. The quantitative estimate of drug-likeness (QED) is 0.607. The summed E-state index contributed by atoms with van der Waals surface area (Å²) < 4.78 is 12.1. The van der Waals surface area contributed by atoms with E-state index in [1.165, 1.54) is 17.0 Å². The molecule has 0 aliphatic rings. The predicted molar refractivity (Wildman–Crippen MR) is 39.6 cm³/mol. The number of nitrogens with zero attached hydrogens (tertiary/aromatic N) is 2. The maximum absolute atomic E-state index is 10.7. The summed E-state index contributed by atoms with van der Waals surface area (Å²) in [6.45, 7) is 2.31. The Labute approximate surface area is 63.9 Å². The predicted octanol–water partition coefficient (Wildman–Crippen LogP) is -0.294. The van der Waals surface area contributed by atoms with Crippen LogP contribution in [0.5, 0.6) is 0 Å². The number of aryl methyl sites for hydroxylation is 1. The van der Waals surface area contributed by atoms with Crippen LogP contribution in [0.1, 0.15) is 6.92 Å². The molecule has 0 fully saturated rings. The Morgan fingerprint density at radius 2 is 2.36 bits per heavy atom. The number of hydrogen-bond donors (Lipinski definition) is 2. The van der Waals surface area contributed by atoms with Crippen molar-refractivity contribution < 1.29 is 14.4 Å². The molecular formula is C5H9N2O3P. The Hall–Kier alpha value is -0.640. The van der Waals surface area contributed by atoms with Gasteiger partial charge in [0, 0.05) is 18.9 Å². The van der Waals surface area contributed by atoms with Crippen molar-refractivity contribution in [1.82, 2.24) is 9.55 Å². The minimum Gasteiger partial charge on any atom is -0.325 e. The van der Waals surface area contributed by atoms with Crippen LogP contribution in [-0.4, -0.2) is 19.3 Å². The minimum atomic E-state index is -4.17. The van der Waals surface area contributed by atoms with Crippen LogP contribution in [0.15, 0.2) is 12.4 Å². The smallest absolute Gasteiger partial charge is 0.325 e. The van der Waals surface area contributed by atoms with E-state index in [0.29, 0.717) is 6.54 Å². The maximum Gasteiger partial charge on any atom is 0.391 e. The van der Waals surface area contributed by atoms with Crippen LogP contribution in [0.4, 0.5) is 0 Å². The fourth-order valence-electron chi connectivity index (χ4n) is 0.811. The molecule has 5 nitrogen and oxygen atoms in total. The van der Waals surface area contributed by atoms with Gasteiger partial charge in [-0.25, -0.2) is 4.98 Å². The van der Waals surface area contributed by atoms with E-state index in [0.717, 1.165) is 0 Å². The van der Waals surface area contributed by atoms with E-state index in [9.17, 15) is 4.57 Å². The molecule has 0 saturated heterocycles. The third-order valence-electron chi connectivity index (χ3n) is 1.29. The molecule has 0 saturated carbocycles. The van der Waals surface area contributed by atoms with Gasteiger partial charge in [-0.15, -0.1) is 0 Å². The molecule has 1 heterocycles. The van der Waals surface area contributed by atoms with Gasteiger partial charge in [0.2, 0.25) is 5.57 Å². The van der Waals surface area contributed by atoms with Crippen LogP contribution in [0.3, 0.4) is 0 Å². The highest BCUT2D eigenvalue weighted by atomic mass is 31.2. The molecule has 0 unspecified atom stereocenters. The monoisotopic (exact) mass is 176 g/mol. The van der Waals surface area contributed by atoms with Gasteiger partial charge in [0.25, 0.3) is 0 Å². The molecular weight excluding hydrogens is 167 g/mol. The van der Waals surface area contributed by atoms with E-state index in [2.05, 4.69) is 4.98 Å². The van der Waals surface area contributed by atoms with Crippen molar-refractivity contribution in [3.05, 3.63) is 12.4 Å². The summed E-state index contributed by atoms with van der Waals surface area (Å²) in [7, 11) is -4.17. The van der Waals surface area contributed by atoms with Gasteiger partial charge < -0.3 is 14.4 Å². The second kappa shape index (κ2) is 2.77. The first kappa shape index (κ1) is 8.46. The minimum absolute atomic E-state index is 0.167. The van der Waals surface area contributed by atoms with E-state index < -0.39 is 7.60 Å². The van der Waals surface area contributed by atoms with E-state index >= 15 is 0 Å². The fraction of sp³-hybridized carbons (Fsp3) is 0.400. The molecule has 1 aromatic heterocycles. The number of imidazole rings is 1. The topological polar surface area (TPSA) is 75.4 Å². The Kier molecular flexibility index (Phi) is 2.13. The highest BCUT2D eigenvalue weighted by molar-refractivity contribution is 7.59.